The highest BCUT2D eigenvalue weighted by Gasteiger charge is 2.25. The van der Waals surface area contributed by atoms with Gasteiger partial charge < -0.3 is 10.1 Å². The average Bonchev–Trinajstić information content (AvgIpc) is 3.14. The van der Waals surface area contributed by atoms with Crippen LogP contribution in [0.25, 0.3) is 5.69 Å². The number of amides is 2. The summed E-state index contributed by atoms with van der Waals surface area (Å²) in [4.78, 5) is 24.8. The van der Waals surface area contributed by atoms with Crippen molar-refractivity contribution in [3.8, 4) is 5.69 Å². The molecule has 0 bridgehead atoms. The zero-order chi connectivity index (χ0) is 18.8. The maximum Gasteiger partial charge on any atom is 0.410 e. The fourth-order valence-electron chi connectivity index (χ4n) is 2.85. The number of rotatable bonds is 5. The summed E-state index contributed by atoms with van der Waals surface area (Å²) in [6.45, 7) is 4.04. The van der Waals surface area contributed by atoms with Crippen LogP contribution in [0.2, 0.25) is 0 Å². The first-order chi connectivity index (χ1) is 12.4. The molecule has 1 aliphatic rings. The minimum absolute atomic E-state index is 0.0943. The summed E-state index contributed by atoms with van der Waals surface area (Å²) in [5.74, 6) is -1.74. The van der Waals surface area contributed by atoms with Crippen molar-refractivity contribution < 1.29 is 23.1 Å². The van der Waals surface area contributed by atoms with E-state index in [1.807, 2.05) is 0 Å². The van der Waals surface area contributed by atoms with Gasteiger partial charge in [0.1, 0.15) is 24.7 Å². The van der Waals surface area contributed by atoms with E-state index in [4.69, 9.17) is 4.74 Å². The number of cyclic esters (lactones) is 1. The molecule has 9 heteroatoms. The first-order valence-corrected chi connectivity index (χ1v) is 8.08. The van der Waals surface area contributed by atoms with E-state index in [9.17, 15) is 18.4 Å². The van der Waals surface area contributed by atoms with Gasteiger partial charge >= 0.3 is 6.09 Å². The monoisotopic (exact) mass is 364 g/mol. The van der Waals surface area contributed by atoms with Crippen LogP contribution in [0.1, 0.15) is 24.2 Å². The van der Waals surface area contributed by atoms with E-state index in [0.717, 1.165) is 12.1 Å². The first-order valence-electron chi connectivity index (χ1n) is 8.08. The Morgan fingerprint density at radius 2 is 2.19 bits per heavy atom. The highest BCUT2D eigenvalue weighted by Crippen LogP contribution is 2.22. The van der Waals surface area contributed by atoms with Gasteiger partial charge in [-0.3, -0.25) is 9.69 Å². The molecule has 138 valence electrons. The van der Waals surface area contributed by atoms with E-state index < -0.39 is 23.8 Å². The molecule has 7 nitrogen and oxygen atoms in total. The summed E-state index contributed by atoms with van der Waals surface area (Å²) in [6.07, 6.45) is 1.01. The van der Waals surface area contributed by atoms with Crippen LogP contribution in [-0.4, -0.2) is 46.4 Å². The zero-order valence-electron chi connectivity index (χ0n) is 14.3. The molecule has 1 aliphatic heterocycles. The van der Waals surface area contributed by atoms with E-state index in [1.54, 1.807) is 13.8 Å². The van der Waals surface area contributed by atoms with Crippen molar-refractivity contribution in [2.45, 2.75) is 19.9 Å². The number of benzene rings is 1. The average molecular weight is 364 g/mol. The van der Waals surface area contributed by atoms with Crippen LogP contribution in [0.5, 0.6) is 0 Å². The number of carbonyl (C=O) groups is 2. The minimum Gasteiger partial charge on any atom is -0.448 e. The fraction of sp³-hybridized carbons (Fsp3) is 0.353. The van der Waals surface area contributed by atoms with Crippen LogP contribution in [0, 0.1) is 18.6 Å². The van der Waals surface area contributed by atoms with Crippen molar-refractivity contribution in [2.75, 3.05) is 19.7 Å². The van der Waals surface area contributed by atoms with E-state index in [2.05, 4.69) is 10.4 Å². The van der Waals surface area contributed by atoms with Crippen molar-refractivity contribution in [1.29, 1.82) is 0 Å². The number of ether oxygens (including phenoxy) is 1. The Morgan fingerprint density at radius 1 is 1.42 bits per heavy atom. The van der Waals surface area contributed by atoms with Crippen molar-refractivity contribution in [2.24, 2.45) is 0 Å². The highest BCUT2D eigenvalue weighted by atomic mass is 19.1. The standard InChI is InChI=1S/C17H18F2N4O3/c1-10(21-16(24)9-22-5-6-26-17(22)25)13-8-20-23(11(13)2)15-4-3-12(18)7-14(15)19/h3-4,7-8,10H,5-6,9H2,1-2H3,(H,21,24)/t10-/m1/s1. The Bertz CT molecular complexity index is 853. The topological polar surface area (TPSA) is 76.5 Å². The van der Waals surface area contributed by atoms with Crippen LogP contribution in [0.15, 0.2) is 24.4 Å². The summed E-state index contributed by atoms with van der Waals surface area (Å²) in [7, 11) is 0. The molecule has 1 aromatic carbocycles. The van der Waals surface area contributed by atoms with Gasteiger partial charge in [0.05, 0.1) is 18.8 Å². The molecule has 2 heterocycles. The predicted octanol–water partition coefficient (Wildman–Crippen LogP) is 2.09. The molecule has 0 spiro atoms. The van der Waals surface area contributed by atoms with Gasteiger partial charge in [0.2, 0.25) is 5.91 Å². The molecule has 1 aromatic heterocycles. The van der Waals surface area contributed by atoms with Crippen LogP contribution in [-0.2, 0) is 9.53 Å². The van der Waals surface area contributed by atoms with Crippen molar-refractivity contribution in [3.63, 3.8) is 0 Å². The number of hydrogen-bond acceptors (Lipinski definition) is 4. The number of carbonyl (C=O) groups excluding carboxylic acids is 2. The van der Waals surface area contributed by atoms with E-state index >= 15 is 0 Å². The molecule has 1 fully saturated rings. The van der Waals surface area contributed by atoms with Crippen LogP contribution in [0.3, 0.4) is 0 Å². The lowest BCUT2D eigenvalue weighted by atomic mass is 10.1. The maximum absolute atomic E-state index is 14.0. The molecular weight excluding hydrogens is 346 g/mol. The summed E-state index contributed by atoms with van der Waals surface area (Å²) in [6, 6.07) is 2.84. The molecule has 0 unspecified atom stereocenters. The summed E-state index contributed by atoms with van der Waals surface area (Å²) < 4.78 is 33.2. The van der Waals surface area contributed by atoms with Gasteiger partial charge in [0.15, 0.2) is 5.82 Å². The maximum atomic E-state index is 14.0. The lowest BCUT2D eigenvalue weighted by molar-refractivity contribution is -0.122. The number of nitrogens with zero attached hydrogens (tertiary/aromatic N) is 3. The molecule has 3 rings (SSSR count). The second kappa shape index (κ2) is 7.11. The van der Waals surface area contributed by atoms with Gasteiger partial charge in [-0.05, 0) is 26.0 Å². The van der Waals surface area contributed by atoms with Gasteiger partial charge in [-0.2, -0.15) is 5.10 Å². The Kier molecular flexibility index (Phi) is 4.88. The summed E-state index contributed by atoms with van der Waals surface area (Å²) >= 11 is 0. The Labute approximate surface area is 148 Å². The lowest BCUT2D eigenvalue weighted by Gasteiger charge is -2.17. The quantitative estimate of drug-likeness (QED) is 0.881. The first kappa shape index (κ1) is 17.8. The van der Waals surface area contributed by atoms with Gasteiger partial charge in [-0.15, -0.1) is 0 Å². The largest absolute Gasteiger partial charge is 0.448 e. The van der Waals surface area contributed by atoms with Crippen LogP contribution in [0.4, 0.5) is 13.6 Å². The normalized spacial score (nSPS) is 15.1. The Hall–Kier alpha value is -2.97. The Morgan fingerprint density at radius 3 is 2.85 bits per heavy atom. The van der Waals surface area contributed by atoms with Crippen molar-refractivity contribution >= 4 is 12.0 Å². The number of hydrogen-bond donors (Lipinski definition) is 1. The number of aromatic nitrogens is 2. The summed E-state index contributed by atoms with van der Waals surface area (Å²) in [5, 5.41) is 6.92. The van der Waals surface area contributed by atoms with Crippen LogP contribution >= 0.6 is 0 Å². The third kappa shape index (κ3) is 3.51. The predicted molar refractivity (Wildman–Crippen MR) is 87.7 cm³/mol. The number of nitrogens with one attached hydrogen (secondary N) is 1. The third-order valence-electron chi connectivity index (χ3n) is 4.21. The van der Waals surface area contributed by atoms with E-state index in [0.29, 0.717) is 17.8 Å². The third-order valence-corrected chi connectivity index (χ3v) is 4.21. The zero-order valence-corrected chi connectivity index (χ0v) is 14.3. The van der Waals surface area contributed by atoms with Gasteiger partial charge in [-0.25, -0.2) is 18.3 Å². The van der Waals surface area contributed by atoms with Gasteiger partial charge in [-0.1, -0.05) is 0 Å². The van der Waals surface area contributed by atoms with Gasteiger partial charge in [0.25, 0.3) is 0 Å². The molecule has 0 aliphatic carbocycles. The van der Waals surface area contributed by atoms with E-state index in [1.165, 1.54) is 21.8 Å². The fourth-order valence-corrected chi connectivity index (χ4v) is 2.85. The molecule has 26 heavy (non-hydrogen) atoms. The SMILES string of the molecule is Cc1c([C@@H](C)NC(=O)CN2CCOC2=O)cnn1-c1ccc(F)cc1F. The molecule has 1 N–H and O–H groups in total. The second-order valence-electron chi connectivity index (χ2n) is 6.02. The molecule has 0 radical (unpaired) electrons. The van der Waals surface area contributed by atoms with Crippen molar-refractivity contribution in [3.05, 3.63) is 47.3 Å². The second-order valence-corrected chi connectivity index (χ2v) is 6.02. The molecular formula is C17H18F2N4O3. The Balaban J connectivity index is 1.72. The lowest BCUT2D eigenvalue weighted by Crippen LogP contribution is -2.38. The molecule has 1 atom stereocenters. The van der Waals surface area contributed by atoms with E-state index in [-0.39, 0.29) is 24.7 Å². The van der Waals surface area contributed by atoms with Crippen LogP contribution < -0.4 is 5.32 Å². The van der Waals surface area contributed by atoms with Crippen molar-refractivity contribution in [1.82, 2.24) is 20.0 Å². The minimum atomic E-state index is -0.730. The number of halogens is 2. The molecule has 2 amide bonds. The molecule has 2 aromatic rings. The smallest absolute Gasteiger partial charge is 0.410 e. The van der Waals surface area contributed by atoms with Gasteiger partial charge in [0, 0.05) is 17.3 Å². The summed E-state index contributed by atoms with van der Waals surface area (Å²) in [5.41, 5.74) is 1.42. The highest BCUT2D eigenvalue weighted by molar-refractivity contribution is 5.83. The molecule has 1 saturated heterocycles. The molecule has 0 saturated carbocycles.